The number of aryl methyl sites for hydroxylation is 1. The first-order chi connectivity index (χ1) is 6.15. The van der Waals surface area contributed by atoms with E-state index < -0.39 is 6.10 Å². The number of hydrogen-bond acceptors (Lipinski definition) is 3. The second kappa shape index (κ2) is 4.74. The van der Waals surface area contributed by atoms with Crippen molar-refractivity contribution < 1.29 is 9.84 Å². The van der Waals surface area contributed by atoms with Crippen molar-refractivity contribution in [2.45, 2.75) is 20.0 Å². The summed E-state index contributed by atoms with van der Waals surface area (Å²) in [5.41, 5.74) is 1.01. The molecule has 3 heteroatoms. The molecule has 0 saturated carbocycles. The fraction of sp³-hybridized carbons (Fsp3) is 0.600. The van der Waals surface area contributed by atoms with Crippen LogP contribution in [-0.4, -0.2) is 18.8 Å². The number of thiophene rings is 1. The molecule has 1 heterocycles. The first-order valence-electron chi connectivity index (χ1n) is 4.37. The zero-order valence-electron chi connectivity index (χ0n) is 8.28. The van der Waals surface area contributed by atoms with Crippen LogP contribution in [0.1, 0.15) is 23.5 Å². The number of aliphatic hydroxyl groups is 1. The Morgan fingerprint density at radius 3 is 2.77 bits per heavy atom. The Morgan fingerprint density at radius 1 is 1.62 bits per heavy atom. The smallest absolute Gasteiger partial charge is 0.0845 e. The molecule has 0 spiro atoms. The number of hydrogen-bond donors (Lipinski definition) is 1. The molecule has 0 saturated heterocycles. The zero-order chi connectivity index (χ0) is 9.84. The molecule has 1 aromatic rings. The molecule has 0 radical (unpaired) electrons. The van der Waals surface area contributed by atoms with Crippen molar-refractivity contribution in [2.24, 2.45) is 5.92 Å². The van der Waals surface area contributed by atoms with E-state index in [1.54, 1.807) is 18.4 Å². The predicted molar refractivity (Wildman–Crippen MR) is 55.1 cm³/mol. The van der Waals surface area contributed by atoms with Gasteiger partial charge in [0.2, 0.25) is 0 Å². The van der Waals surface area contributed by atoms with Gasteiger partial charge in [-0.15, -0.1) is 11.3 Å². The minimum absolute atomic E-state index is 0.152. The van der Waals surface area contributed by atoms with Crippen molar-refractivity contribution in [3.05, 3.63) is 21.9 Å². The number of rotatable bonds is 4. The Bertz CT molecular complexity index is 257. The average molecular weight is 200 g/mol. The van der Waals surface area contributed by atoms with Gasteiger partial charge in [0.25, 0.3) is 0 Å². The van der Waals surface area contributed by atoms with Gasteiger partial charge in [-0.3, -0.25) is 0 Å². The molecule has 0 aliphatic rings. The highest BCUT2D eigenvalue weighted by atomic mass is 32.1. The maximum Gasteiger partial charge on any atom is 0.0845 e. The van der Waals surface area contributed by atoms with E-state index in [0.29, 0.717) is 6.61 Å². The van der Waals surface area contributed by atoms with Crippen molar-refractivity contribution >= 4 is 11.3 Å². The average Bonchev–Trinajstić information content (AvgIpc) is 2.51. The first kappa shape index (κ1) is 10.7. The summed E-state index contributed by atoms with van der Waals surface area (Å²) in [6, 6.07) is 2.03. The quantitative estimate of drug-likeness (QED) is 0.808. The van der Waals surface area contributed by atoms with E-state index in [9.17, 15) is 5.11 Å². The van der Waals surface area contributed by atoms with Crippen molar-refractivity contribution in [3.63, 3.8) is 0 Å². The lowest BCUT2D eigenvalue weighted by Crippen LogP contribution is -2.13. The molecule has 1 rings (SSSR count). The monoisotopic (exact) mass is 200 g/mol. The van der Waals surface area contributed by atoms with E-state index in [2.05, 4.69) is 0 Å². The van der Waals surface area contributed by atoms with Crippen molar-refractivity contribution in [1.82, 2.24) is 0 Å². The molecule has 2 unspecified atom stereocenters. The summed E-state index contributed by atoms with van der Waals surface area (Å²) in [5.74, 6) is 0.152. The Morgan fingerprint density at radius 2 is 2.31 bits per heavy atom. The molecule has 1 aromatic heterocycles. The highest BCUT2D eigenvalue weighted by Crippen LogP contribution is 2.25. The van der Waals surface area contributed by atoms with Crippen LogP contribution in [-0.2, 0) is 4.74 Å². The second-order valence-corrected chi connectivity index (χ2v) is 4.48. The van der Waals surface area contributed by atoms with E-state index in [4.69, 9.17) is 4.74 Å². The summed E-state index contributed by atoms with van der Waals surface area (Å²) >= 11 is 1.67. The van der Waals surface area contributed by atoms with Gasteiger partial charge in [0.05, 0.1) is 12.7 Å². The van der Waals surface area contributed by atoms with Crippen molar-refractivity contribution in [2.75, 3.05) is 13.7 Å². The lowest BCUT2D eigenvalue weighted by Gasteiger charge is -2.16. The van der Waals surface area contributed by atoms with Gasteiger partial charge >= 0.3 is 0 Å². The van der Waals surface area contributed by atoms with Gasteiger partial charge in [-0.2, -0.15) is 0 Å². The van der Waals surface area contributed by atoms with E-state index in [0.717, 1.165) is 5.56 Å². The van der Waals surface area contributed by atoms with Crippen molar-refractivity contribution in [1.29, 1.82) is 0 Å². The fourth-order valence-corrected chi connectivity index (χ4v) is 2.03. The van der Waals surface area contributed by atoms with E-state index in [1.165, 1.54) is 4.88 Å². The van der Waals surface area contributed by atoms with Gasteiger partial charge in [0.1, 0.15) is 0 Å². The van der Waals surface area contributed by atoms with Gasteiger partial charge in [-0.05, 0) is 23.9 Å². The zero-order valence-corrected chi connectivity index (χ0v) is 9.10. The van der Waals surface area contributed by atoms with Gasteiger partial charge in [0, 0.05) is 17.9 Å². The van der Waals surface area contributed by atoms with Crippen LogP contribution in [0.3, 0.4) is 0 Å². The van der Waals surface area contributed by atoms with E-state index in [1.807, 2.05) is 25.3 Å². The second-order valence-electron chi connectivity index (χ2n) is 3.37. The predicted octanol–water partition coefficient (Wildman–Crippen LogP) is 2.37. The largest absolute Gasteiger partial charge is 0.388 e. The third-order valence-electron chi connectivity index (χ3n) is 2.06. The fourth-order valence-electron chi connectivity index (χ4n) is 1.30. The molecular formula is C10H16O2S. The third-order valence-corrected chi connectivity index (χ3v) is 2.94. The molecule has 74 valence electrons. The summed E-state index contributed by atoms with van der Waals surface area (Å²) in [4.78, 5) is 1.23. The maximum atomic E-state index is 9.86. The maximum absolute atomic E-state index is 9.86. The highest BCUT2D eigenvalue weighted by Gasteiger charge is 2.16. The molecule has 0 bridgehead atoms. The summed E-state index contributed by atoms with van der Waals surface area (Å²) in [6.07, 6.45) is -0.398. The van der Waals surface area contributed by atoms with Crippen LogP contribution in [0.15, 0.2) is 11.4 Å². The molecule has 0 fully saturated rings. The molecule has 0 aliphatic carbocycles. The summed E-state index contributed by atoms with van der Waals surface area (Å²) in [6.45, 7) is 4.62. The SMILES string of the molecule is COCC(C)C(O)c1csc(C)c1. The van der Waals surface area contributed by atoms with Crippen LogP contribution in [0, 0.1) is 12.8 Å². The Hall–Kier alpha value is -0.380. The highest BCUT2D eigenvalue weighted by molar-refractivity contribution is 7.10. The summed E-state index contributed by atoms with van der Waals surface area (Å²) in [5, 5.41) is 11.9. The van der Waals surface area contributed by atoms with Crippen LogP contribution in [0.5, 0.6) is 0 Å². The first-order valence-corrected chi connectivity index (χ1v) is 5.25. The van der Waals surface area contributed by atoms with Crippen LogP contribution in [0.25, 0.3) is 0 Å². The van der Waals surface area contributed by atoms with Crippen LogP contribution in [0.4, 0.5) is 0 Å². The van der Waals surface area contributed by atoms with E-state index >= 15 is 0 Å². The third kappa shape index (κ3) is 2.79. The lowest BCUT2D eigenvalue weighted by atomic mass is 10.0. The van der Waals surface area contributed by atoms with E-state index in [-0.39, 0.29) is 5.92 Å². The number of aliphatic hydroxyl groups excluding tert-OH is 1. The Labute approximate surface area is 83.2 Å². The van der Waals surface area contributed by atoms with Gasteiger partial charge in [0.15, 0.2) is 0 Å². The standard InChI is InChI=1S/C10H16O2S/c1-7(5-12-3)10(11)9-4-8(2)13-6-9/h4,6-7,10-11H,5H2,1-3H3. The van der Waals surface area contributed by atoms with Gasteiger partial charge < -0.3 is 9.84 Å². The molecule has 13 heavy (non-hydrogen) atoms. The molecule has 2 nitrogen and oxygen atoms in total. The Balaban J connectivity index is 2.61. The topological polar surface area (TPSA) is 29.5 Å². The number of ether oxygens (including phenoxy) is 1. The molecule has 1 N–H and O–H groups in total. The minimum Gasteiger partial charge on any atom is -0.388 e. The summed E-state index contributed by atoms with van der Waals surface area (Å²) < 4.78 is 5.00. The number of methoxy groups -OCH3 is 1. The van der Waals surface area contributed by atoms with Gasteiger partial charge in [-0.25, -0.2) is 0 Å². The summed E-state index contributed by atoms with van der Waals surface area (Å²) in [7, 11) is 1.65. The Kier molecular flexibility index (Phi) is 3.90. The molecule has 0 aliphatic heterocycles. The van der Waals surface area contributed by atoms with Crippen LogP contribution < -0.4 is 0 Å². The molecule has 2 atom stereocenters. The normalized spacial score (nSPS) is 15.7. The molecule has 0 amide bonds. The van der Waals surface area contributed by atoms with Crippen LogP contribution >= 0.6 is 11.3 Å². The minimum atomic E-state index is -0.398. The lowest BCUT2D eigenvalue weighted by molar-refractivity contribution is 0.0569. The molecule has 0 aromatic carbocycles. The van der Waals surface area contributed by atoms with Crippen LogP contribution in [0.2, 0.25) is 0 Å². The van der Waals surface area contributed by atoms with Crippen molar-refractivity contribution in [3.8, 4) is 0 Å². The van der Waals surface area contributed by atoms with Gasteiger partial charge in [-0.1, -0.05) is 6.92 Å². The molecular weight excluding hydrogens is 184 g/mol.